The molecule has 7 nitrogen and oxygen atoms in total. The second kappa shape index (κ2) is 6.01. The Balaban J connectivity index is 2.51. The Morgan fingerprint density at radius 1 is 1.43 bits per heavy atom. The molecule has 0 radical (unpaired) electrons. The molecule has 2 N–H and O–H groups in total. The SMILES string of the molecule is Cc1cc([N+](=O)[O-])c(Cl)c(S(=O)(=O)N2CCC(N)C(C)(C)C2)c1. The zero-order valence-corrected chi connectivity index (χ0v) is 14.8. The normalized spacial score (nSPS) is 22.0. The molecule has 1 atom stereocenters. The highest BCUT2D eigenvalue weighted by atomic mass is 35.5. The van der Waals surface area contributed by atoms with Crippen LogP contribution in [-0.4, -0.2) is 36.8 Å². The van der Waals surface area contributed by atoms with E-state index in [2.05, 4.69) is 0 Å². The molecule has 1 aliphatic heterocycles. The van der Waals surface area contributed by atoms with Crippen LogP contribution in [0.5, 0.6) is 0 Å². The fraction of sp³-hybridized carbons (Fsp3) is 0.571. The van der Waals surface area contributed by atoms with Crippen molar-refractivity contribution in [1.82, 2.24) is 4.31 Å². The maximum atomic E-state index is 12.9. The maximum absolute atomic E-state index is 12.9. The molecule has 0 aliphatic carbocycles. The molecular formula is C14H20ClN3O4S. The molecule has 0 spiro atoms. The molecule has 0 bridgehead atoms. The fourth-order valence-corrected chi connectivity index (χ4v) is 4.97. The maximum Gasteiger partial charge on any atom is 0.289 e. The number of hydrogen-bond acceptors (Lipinski definition) is 5. The largest absolute Gasteiger partial charge is 0.327 e. The van der Waals surface area contributed by atoms with Crippen molar-refractivity contribution in [1.29, 1.82) is 0 Å². The van der Waals surface area contributed by atoms with E-state index >= 15 is 0 Å². The van der Waals surface area contributed by atoms with Gasteiger partial charge in [0.15, 0.2) is 0 Å². The quantitative estimate of drug-likeness (QED) is 0.656. The monoisotopic (exact) mass is 361 g/mol. The number of nitrogens with two attached hydrogens (primary N) is 1. The van der Waals surface area contributed by atoms with Gasteiger partial charge in [-0.15, -0.1) is 0 Å². The van der Waals surface area contributed by atoms with Gasteiger partial charge in [0.2, 0.25) is 10.0 Å². The number of nitro benzene ring substituents is 1. The van der Waals surface area contributed by atoms with Gasteiger partial charge in [0.1, 0.15) is 9.92 Å². The van der Waals surface area contributed by atoms with Gasteiger partial charge in [-0.3, -0.25) is 10.1 Å². The van der Waals surface area contributed by atoms with Crippen molar-refractivity contribution < 1.29 is 13.3 Å². The number of benzene rings is 1. The fourth-order valence-electron chi connectivity index (χ4n) is 2.71. The first-order chi connectivity index (χ1) is 10.5. The lowest BCUT2D eigenvalue weighted by Gasteiger charge is -2.41. The van der Waals surface area contributed by atoms with Gasteiger partial charge in [-0.1, -0.05) is 25.4 Å². The van der Waals surface area contributed by atoms with E-state index in [4.69, 9.17) is 17.3 Å². The summed E-state index contributed by atoms with van der Waals surface area (Å²) in [5.41, 5.74) is 5.72. The summed E-state index contributed by atoms with van der Waals surface area (Å²) in [4.78, 5) is 10.2. The Morgan fingerprint density at radius 3 is 2.57 bits per heavy atom. The third-order valence-electron chi connectivity index (χ3n) is 4.26. The zero-order valence-electron chi connectivity index (χ0n) is 13.2. The lowest BCUT2D eigenvalue weighted by molar-refractivity contribution is -0.385. The number of rotatable bonds is 3. The number of nitro groups is 1. The van der Waals surface area contributed by atoms with E-state index in [0.717, 1.165) is 0 Å². The number of sulfonamides is 1. The third kappa shape index (κ3) is 3.35. The molecular weight excluding hydrogens is 342 g/mol. The molecule has 23 heavy (non-hydrogen) atoms. The van der Waals surface area contributed by atoms with Crippen LogP contribution in [0.25, 0.3) is 0 Å². The van der Waals surface area contributed by atoms with Crippen LogP contribution in [0.2, 0.25) is 5.02 Å². The molecule has 1 fully saturated rings. The average molecular weight is 362 g/mol. The van der Waals surface area contributed by atoms with Crippen LogP contribution in [0.3, 0.4) is 0 Å². The Bertz CT molecular complexity index is 749. The van der Waals surface area contributed by atoms with Crippen LogP contribution >= 0.6 is 11.6 Å². The Kier molecular flexibility index (Phi) is 4.74. The molecule has 0 saturated carbocycles. The van der Waals surface area contributed by atoms with E-state index in [0.29, 0.717) is 12.0 Å². The van der Waals surface area contributed by atoms with Crippen LogP contribution in [0.1, 0.15) is 25.8 Å². The smallest absolute Gasteiger partial charge is 0.289 e. The van der Waals surface area contributed by atoms with Gasteiger partial charge < -0.3 is 5.73 Å². The molecule has 1 aromatic rings. The van der Waals surface area contributed by atoms with Gasteiger partial charge in [-0.25, -0.2) is 8.42 Å². The van der Waals surface area contributed by atoms with Gasteiger partial charge in [-0.05, 0) is 30.4 Å². The van der Waals surface area contributed by atoms with E-state index in [1.54, 1.807) is 6.92 Å². The molecule has 0 amide bonds. The van der Waals surface area contributed by atoms with Crippen molar-refractivity contribution in [2.24, 2.45) is 11.1 Å². The first-order valence-electron chi connectivity index (χ1n) is 7.17. The number of piperidine rings is 1. The van der Waals surface area contributed by atoms with Crippen molar-refractivity contribution in [3.05, 3.63) is 32.8 Å². The van der Waals surface area contributed by atoms with Crippen molar-refractivity contribution in [2.75, 3.05) is 13.1 Å². The Labute approximate surface area is 140 Å². The van der Waals surface area contributed by atoms with E-state index in [9.17, 15) is 18.5 Å². The second-order valence-corrected chi connectivity index (χ2v) is 8.86. The first kappa shape index (κ1) is 18.1. The van der Waals surface area contributed by atoms with Crippen LogP contribution < -0.4 is 5.73 Å². The summed E-state index contributed by atoms with van der Waals surface area (Å²) in [7, 11) is -3.92. The van der Waals surface area contributed by atoms with E-state index < -0.39 is 20.6 Å². The summed E-state index contributed by atoms with van der Waals surface area (Å²) in [6, 6.07) is 2.53. The molecule has 0 aromatic heterocycles. The lowest BCUT2D eigenvalue weighted by atomic mass is 9.81. The zero-order chi connectivity index (χ0) is 17.6. The average Bonchev–Trinajstić information content (AvgIpc) is 2.43. The summed E-state index contributed by atoms with van der Waals surface area (Å²) in [5.74, 6) is 0. The molecule has 1 saturated heterocycles. The van der Waals surface area contributed by atoms with Crippen LogP contribution in [-0.2, 0) is 10.0 Å². The standard InChI is InChI=1S/C14H20ClN3O4S/c1-9-6-10(18(19)20)13(15)11(7-9)23(21,22)17-5-4-12(16)14(2,3)8-17/h6-7,12H,4-5,8,16H2,1-3H3. The van der Waals surface area contributed by atoms with Crippen LogP contribution in [0.4, 0.5) is 5.69 Å². The van der Waals surface area contributed by atoms with Gasteiger partial charge in [0.25, 0.3) is 5.69 Å². The molecule has 9 heteroatoms. The summed E-state index contributed by atoms with van der Waals surface area (Å²) in [6.07, 6.45) is 0.526. The number of halogens is 1. The van der Waals surface area contributed by atoms with Gasteiger partial charge >= 0.3 is 0 Å². The summed E-state index contributed by atoms with van der Waals surface area (Å²) in [6.45, 7) is 5.91. The van der Waals surface area contributed by atoms with E-state index in [-0.39, 0.29) is 34.5 Å². The van der Waals surface area contributed by atoms with Gasteiger partial charge in [0, 0.05) is 25.2 Å². The lowest BCUT2D eigenvalue weighted by Crippen LogP contribution is -2.53. The minimum Gasteiger partial charge on any atom is -0.327 e. The summed E-state index contributed by atoms with van der Waals surface area (Å²) in [5, 5.41) is 10.7. The molecule has 1 aromatic carbocycles. The predicted octanol–water partition coefficient (Wildman–Crippen LogP) is 2.30. The van der Waals surface area contributed by atoms with E-state index in [1.165, 1.54) is 16.4 Å². The summed E-state index contributed by atoms with van der Waals surface area (Å²) < 4.78 is 27.1. The number of hydrogen-bond donors (Lipinski definition) is 1. The van der Waals surface area contributed by atoms with Crippen molar-refractivity contribution in [3.63, 3.8) is 0 Å². The van der Waals surface area contributed by atoms with Gasteiger partial charge in [-0.2, -0.15) is 4.31 Å². The predicted molar refractivity (Wildman–Crippen MR) is 88.0 cm³/mol. The Hall–Kier alpha value is -1.22. The van der Waals surface area contributed by atoms with Crippen molar-refractivity contribution >= 4 is 27.3 Å². The molecule has 128 valence electrons. The Morgan fingerprint density at radius 2 is 2.04 bits per heavy atom. The highest BCUT2D eigenvalue weighted by molar-refractivity contribution is 7.89. The highest BCUT2D eigenvalue weighted by Gasteiger charge is 2.40. The topological polar surface area (TPSA) is 107 Å². The highest BCUT2D eigenvalue weighted by Crippen LogP contribution is 2.37. The number of aryl methyl sites for hydroxylation is 1. The van der Waals surface area contributed by atoms with E-state index in [1.807, 2.05) is 13.8 Å². The van der Waals surface area contributed by atoms with Crippen LogP contribution in [0.15, 0.2) is 17.0 Å². The molecule has 1 aliphatic rings. The van der Waals surface area contributed by atoms with Crippen molar-refractivity contribution in [2.45, 2.75) is 38.1 Å². The van der Waals surface area contributed by atoms with Crippen molar-refractivity contribution in [3.8, 4) is 0 Å². The molecule has 1 unspecified atom stereocenters. The van der Waals surface area contributed by atoms with Gasteiger partial charge in [0.05, 0.1) is 4.92 Å². The molecule has 1 heterocycles. The number of nitrogens with zero attached hydrogens (tertiary/aromatic N) is 2. The first-order valence-corrected chi connectivity index (χ1v) is 8.99. The minimum atomic E-state index is -3.92. The summed E-state index contributed by atoms with van der Waals surface area (Å²) >= 11 is 6.01. The second-order valence-electron chi connectivity index (χ2n) is 6.58. The molecule has 2 rings (SSSR count). The van der Waals surface area contributed by atoms with Crippen LogP contribution in [0, 0.1) is 22.5 Å². The minimum absolute atomic E-state index is 0.101. The third-order valence-corrected chi connectivity index (χ3v) is 6.63.